The Balaban J connectivity index is 1.76. The molecule has 0 unspecified atom stereocenters. The quantitative estimate of drug-likeness (QED) is 0.755. The number of urea groups is 1. The van der Waals surface area contributed by atoms with Crippen molar-refractivity contribution in [2.24, 2.45) is 5.92 Å². The third kappa shape index (κ3) is 3.72. The second-order valence-electron chi connectivity index (χ2n) is 6.30. The number of amides is 4. The first-order valence-corrected chi connectivity index (χ1v) is 8.58. The highest BCUT2D eigenvalue weighted by molar-refractivity contribution is 6.31. The molecule has 2 heterocycles. The minimum Gasteiger partial charge on any atom is -0.322 e. The molecule has 0 spiro atoms. The number of carbonyl (C=O) groups excluding carboxylic acids is 3. The lowest BCUT2D eigenvalue weighted by atomic mass is 10.0. The molecule has 3 rings (SSSR count). The summed E-state index contributed by atoms with van der Waals surface area (Å²) in [6, 6.07) is 5.44. The van der Waals surface area contributed by atoms with Crippen molar-refractivity contribution in [1.29, 1.82) is 0 Å². The number of imide groups is 2. The van der Waals surface area contributed by atoms with Gasteiger partial charge in [0.2, 0.25) is 5.91 Å². The molecule has 0 aromatic heterocycles. The van der Waals surface area contributed by atoms with E-state index in [1.165, 1.54) is 0 Å². The van der Waals surface area contributed by atoms with E-state index in [1.807, 2.05) is 12.1 Å². The van der Waals surface area contributed by atoms with Crippen LogP contribution in [0.2, 0.25) is 5.02 Å². The number of likely N-dealkylation sites (N-methyl/N-ethyl adjacent to an activating group) is 1. The van der Waals surface area contributed by atoms with E-state index >= 15 is 0 Å². The zero-order chi connectivity index (χ0) is 18.8. The zero-order valence-corrected chi connectivity index (χ0v) is 15.1. The fourth-order valence-electron chi connectivity index (χ4n) is 2.90. The van der Waals surface area contributed by atoms with Gasteiger partial charge in [0.25, 0.3) is 5.91 Å². The van der Waals surface area contributed by atoms with Gasteiger partial charge in [0, 0.05) is 36.9 Å². The van der Waals surface area contributed by atoms with Crippen LogP contribution in [0.4, 0.5) is 10.5 Å². The predicted molar refractivity (Wildman–Crippen MR) is 97.3 cm³/mol. The number of nitrogens with one attached hydrogen (secondary N) is 2. The largest absolute Gasteiger partial charge is 0.335 e. The number of rotatable bonds is 4. The maximum absolute atomic E-state index is 12.9. The molecule has 0 bridgehead atoms. The molecular weight excluding hydrogens is 358 g/mol. The van der Waals surface area contributed by atoms with E-state index in [1.54, 1.807) is 24.3 Å². The monoisotopic (exact) mass is 377 g/mol. The van der Waals surface area contributed by atoms with Crippen molar-refractivity contribution < 1.29 is 14.4 Å². The third-order valence-electron chi connectivity index (χ3n) is 4.40. The molecule has 1 atom stereocenters. The van der Waals surface area contributed by atoms with Gasteiger partial charge in [-0.2, -0.15) is 0 Å². The van der Waals surface area contributed by atoms with Gasteiger partial charge in [0.1, 0.15) is 0 Å². The number of hydrazine groups is 1. The van der Waals surface area contributed by atoms with Crippen molar-refractivity contribution in [3.63, 3.8) is 0 Å². The van der Waals surface area contributed by atoms with Crippen LogP contribution in [0.5, 0.6) is 0 Å². The van der Waals surface area contributed by atoms with E-state index in [9.17, 15) is 14.4 Å². The van der Waals surface area contributed by atoms with Crippen LogP contribution in [0.15, 0.2) is 36.5 Å². The number of barbiturate groups is 1. The number of benzene rings is 1. The highest BCUT2D eigenvalue weighted by atomic mass is 35.5. The Labute approximate surface area is 156 Å². The van der Waals surface area contributed by atoms with Crippen molar-refractivity contribution in [2.45, 2.75) is 0 Å². The second kappa shape index (κ2) is 7.45. The van der Waals surface area contributed by atoms with Gasteiger partial charge in [-0.15, -0.1) is 0 Å². The number of halogens is 1. The molecule has 26 heavy (non-hydrogen) atoms. The number of piperazine rings is 1. The van der Waals surface area contributed by atoms with Gasteiger partial charge in [-0.1, -0.05) is 18.2 Å². The van der Waals surface area contributed by atoms with Crippen molar-refractivity contribution >= 4 is 35.1 Å². The maximum Gasteiger partial charge on any atom is 0.335 e. The molecule has 0 radical (unpaired) electrons. The first-order valence-electron chi connectivity index (χ1n) is 8.20. The molecular formula is C17H20ClN5O3. The van der Waals surface area contributed by atoms with Crippen LogP contribution in [0, 0.1) is 5.92 Å². The topological polar surface area (TPSA) is 85.0 Å². The normalized spacial score (nSPS) is 22.3. The highest BCUT2D eigenvalue weighted by Gasteiger charge is 2.43. The SMILES string of the molecule is C=C(NN1CCN(C)CC1)[C@H]1C(=O)NC(=O)N(c2ccc(Cl)cc2)C1=O. The Hall–Kier alpha value is -2.42. The molecule has 2 saturated heterocycles. The third-order valence-corrected chi connectivity index (χ3v) is 4.65. The molecule has 9 heteroatoms. The summed E-state index contributed by atoms with van der Waals surface area (Å²) in [7, 11) is 2.03. The standard InChI is InChI=1S/C17H20ClN5O3/c1-11(20-22-9-7-21(2)8-10-22)14-15(24)19-17(26)23(16(14)25)13-5-3-12(18)4-6-13/h3-6,14,20H,1,7-10H2,2H3,(H,19,24,26)/t14-/m0/s1. The number of hydrogen-bond acceptors (Lipinski definition) is 6. The van der Waals surface area contributed by atoms with Gasteiger partial charge >= 0.3 is 6.03 Å². The lowest BCUT2D eigenvalue weighted by Gasteiger charge is -2.36. The molecule has 2 fully saturated rings. The van der Waals surface area contributed by atoms with E-state index < -0.39 is 23.8 Å². The second-order valence-corrected chi connectivity index (χ2v) is 6.74. The van der Waals surface area contributed by atoms with Crippen molar-refractivity contribution in [2.75, 3.05) is 38.1 Å². The summed E-state index contributed by atoms with van der Waals surface area (Å²) in [6.07, 6.45) is 0. The van der Waals surface area contributed by atoms with Gasteiger partial charge in [-0.3, -0.25) is 14.9 Å². The smallest absolute Gasteiger partial charge is 0.322 e. The molecule has 0 saturated carbocycles. The summed E-state index contributed by atoms with van der Waals surface area (Å²) < 4.78 is 0. The number of nitrogens with zero attached hydrogens (tertiary/aromatic N) is 3. The van der Waals surface area contributed by atoms with E-state index in [4.69, 9.17) is 11.6 Å². The van der Waals surface area contributed by atoms with Crippen LogP contribution in [-0.2, 0) is 9.59 Å². The summed E-state index contributed by atoms with van der Waals surface area (Å²) >= 11 is 5.85. The minimum absolute atomic E-state index is 0.239. The lowest BCUT2D eigenvalue weighted by molar-refractivity contribution is -0.133. The molecule has 0 aliphatic carbocycles. The van der Waals surface area contributed by atoms with Gasteiger partial charge in [0.15, 0.2) is 5.92 Å². The summed E-state index contributed by atoms with van der Waals surface area (Å²) in [6.45, 7) is 7.04. The predicted octanol–water partition coefficient (Wildman–Crippen LogP) is 0.805. The van der Waals surface area contributed by atoms with Gasteiger partial charge in [-0.05, 0) is 31.3 Å². The summed E-state index contributed by atoms with van der Waals surface area (Å²) in [4.78, 5) is 40.4. The van der Waals surface area contributed by atoms with Crippen LogP contribution in [0.25, 0.3) is 0 Å². The van der Waals surface area contributed by atoms with Gasteiger partial charge in [0.05, 0.1) is 5.69 Å². The average molecular weight is 378 g/mol. The minimum atomic E-state index is -1.19. The van der Waals surface area contributed by atoms with Gasteiger partial charge in [-0.25, -0.2) is 14.7 Å². The van der Waals surface area contributed by atoms with E-state index in [-0.39, 0.29) is 5.70 Å². The van der Waals surface area contributed by atoms with Crippen molar-refractivity contribution in [3.8, 4) is 0 Å². The lowest BCUT2D eigenvalue weighted by Crippen LogP contribution is -2.61. The Morgan fingerprint density at radius 3 is 2.38 bits per heavy atom. The Kier molecular flexibility index (Phi) is 5.26. The highest BCUT2D eigenvalue weighted by Crippen LogP contribution is 2.24. The molecule has 2 aliphatic heterocycles. The summed E-state index contributed by atoms with van der Waals surface area (Å²) in [5.41, 5.74) is 3.61. The Morgan fingerprint density at radius 2 is 1.77 bits per heavy atom. The van der Waals surface area contributed by atoms with Crippen LogP contribution in [0.1, 0.15) is 0 Å². The molecule has 138 valence electrons. The van der Waals surface area contributed by atoms with E-state index in [2.05, 4.69) is 22.2 Å². The Bertz CT molecular complexity index is 743. The first-order chi connectivity index (χ1) is 12.4. The molecule has 8 nitrogen and oxygen atoms in total. The maximum atomic E-state index is 12.9. The first kappa shape index (κ1) is 18.4. The fourth-order valence-corrected chi connectivity index (χ4v) is 3.03. The molecule has 2 N–H and O–H groups in total. The van der Waals surface area contributed by atoms with E-state index in [0.717, 1.165) is 31.1 Å². The van der Waals surface area contributed by atoms with Crippen molar-refractivity contribution in [1.82, 2.24) is 20.7 Å². The molecule has 1 aromatic carbocycles. The molecule has 1 aromatic rings. The van der Waals surface area contributed by atoms with Crippen molar-refractivity contribution in [3.05, 3.63) is 41.6 Å². The average Bonchev–Trinajstić information content (AvgIpc) is 2.58. The Morgan fingerprint density at radius 1 is 1.15 bits per heavy atom. The number of anilines is 1. The fraction of sp³-hybridized carbons (Fsp3) is 0.353. The zero-order valence-electron chi connectivity index (χ0n) is 14.4. The van der Waals surface area contributed by atoms with Crippen LogP contribution in [-0.4, -0.2) is 61.0 Å². The number of carbonyl (C=O) groups is 3. The number of hydrogen-bond donors (Lipinski definition) is 2. The van der Waals surface area contributed by atoms with Crippen LogP contribution in [0.3, 0.4) is 0 Å². The van der Waals surface area contributed by atoms with E-state index in [0.29, 0.717) is 10.7 Å². The van der Waals surface area contributed by atoms with Crippen LogP contribution >= 0.6 is 11.6 Å². The summed E-state index contributed by atoms with van der Waals surface area (Å²) in [5, 5.41) is 4.60. The summed E-state index contributed by atoms with van der Waals surface area (Å²) in [5.74, 6) is -2.52. The van der Waals surface area contributed by atoms with Crippen LogP contribution < -0.4 is 15.6 Å². The van der Waals surface area contributed by atoms with Gasteiger partial charge < -0.3 is 10.3 Å². The molecule has 2 aliphatic rings. The molecule has 4 amide bonds.